The quantitative estimate of drug-likeness (QED) is 0.603. The highest BCUT2D eigenvalue weighted by Gasteiger charge is 2.21. The van der Waals surface area contributed by atoms with Crippen LogP contribution in [0.2, 0.25) is 0 Å². The first-order valence-electron chi connectivity index (χ1n) is 7.97. The second-order valence-corrected chi connectivity index (χ2v) is 5.87. The van der Waals surface area contributed by atoms with Gasteiger partial charge >= 0.3 is 0 Å². The third kappa shape index (κ3) is 2.30. The van der Waals surface area contributed by atoms with Crippen molar-refractivity contribution in [3.63, 3.8) is 0 Å². The lowest BCUT2D eigenvalue weighted by atomic mass is 10.0. The van der Waals surface area contributed by atoms with Crippen molar-refractivity contribution in [2.75, 3.05) is 0 Å². The van der Waals surface area contributed by atoms with Crippen molar-refractivity contribution in [1.82, 2.24) is 14.6 Å². The number of aryl methyl sites for hydroxylation is 1. The first-order chi connectivity index (χ1) is 12.6. The van der Waals surface area contributed by atoms with E-state index < -0.39 is 11.2 Å². The van der Waals surface area contributed by atoms with E-state index >= 15 is 0 Å². The Bertz CT molecular complexity index is 1230. The third-order valence-electron chi connectivity index (χ3n) is 4.26. The van der Waals surface area contributed by atoms with Crippen molar-refractivity contribution in [2.24, 2.45) is 0 Å². The molecule has 126 valence electrons. The highest BCUT2D eigenvalue weighted by molar-refractivity contribution is 5.74. The van der Waals surface area contributed by atoms with Crippen molar-refractivity contribution < 1.29 is 4.39 Å². The number of aromatic nitrogens is 3. The van der Waals surface area contributed by atoms with Crippen molar-refractivity contribution in [1.29, 1.82) is 5.26 Å². The van der Waals surface area contributed by atoms with Gasteiger partial charge in [-0.1, -0.05) is 48.5 Å². The minimum atomic E-state index is -0.485. The Kier molecular flexibility index (Phi) is 3.63. The van der Waals surface area contributed by atoms with Crippen LogP contribution in [0.4, 0.5) is 4.39 Å². The maximum Gasteiger partial charge on any atom is 0.232 e. The van der Waals surface area contributed by atoms with Crippen molar-refractivity contribution in [2.45, 2.75) is 6.92 Å². The van der Waals surface area contributed by atoms with Gasteiger partial charge < -0.3 is 0 Å². The fourth-order valence-corrected chi connectivity index (χ4v) is 3.12. The molecule has 0 aliphatic carbocycles. The SMILES string of the molecule is Cc1[nH]n2c(-c3ccccc3)c(C#N)nc2c(=O)c1-c1ccccc1F. The zero-order chi connectivity index (χ0) is 18.3. The summed E-state index contributed by atoms with van der Waals surface area (Å²) >= 11 is 0. The van der Waals surface area contributed by atoms with Gasteiger partial charge in [-0.15, -0.1) is 0 Å². The Morgan fingerprint density at radius 2 is 1.81 bits per heavy atom. The van der Waals surface area contributed by atoms with Crippen LogP contribution in [0.15, 0.2) is 59.4 Å². The van der Waals surface area contributed by atoms with Gasteiger partial charge in [0.15, 0.2) is 5.69 Å². The van der Waals surface area contributed by atoms with Gasteiger partial charge in [-0.3, -0.25) is 9.89 Å². The van der Waals surface area contributed by atoms with Gasteiger partial charge in [-0.2, -0.15) is 5.26 Å². The summed E-state index contributed by atoms with van der Waals surface area (Å²) in [7, 11) is 0. The van der Waals surface area contributed by atoms with Crippen LogP contribution >= 0.6 is 0 Å². The lowest BCUT2D eigenvalue weighted by Gasteiger charge is -2.09. The van der Waals surface area contributed by atoms with Crippen molar-refractivity contribution >= 4 is 5.65 Å². The lowest BCUT2D eigenvalue weighted by Crippen LogP contribution is -2.15. The summed E-state index contributed by atoms with van der Waals surface area (Å²) in [4.78, 5) is 17.2. The molecular formula is C20H13FN4O. The van der Waals surface area contributed by atoms with Gasteiger partial charge in [-0.25, -0.2) is 13.9 Å². The maximum absolute atomic E-state index is 14.2. The summed E-state index contributed by atoms with van der Waals surface area (Å²) in [6.45, 7) is 1.70. The molecule has 0 bridgehead atoms. The van der Waals surface area contributed by atoms with Gasteiger partial charge in [0.25, 0.3) is 0 Å². The van der Waals surface area contributed by atoms with Crippen molar-refractivity contribution in [3.05, 3.63) is 82.0 Å². The first kappa shape index (κ1) is 15.8. The minimum absolute atomic E-state index is 0.0595. The van der Waals surface area contributed by atoms with Crippen LogP contribution in [0.1, 0.15) is 11.4 Å². The molecule has 2 aromatic carbocycles. The Hall–Kier alpha value is -3.72. The topological polar surface area (TPSA) is 73.9 Å². The highest BCUT2D eigenvalue weighted by Crippen LogP contribution is 2.26. The Morgan fingerprint density at radius 3 is 2.50 bits per heavy atom. The summed E-state index contributed by atoms with van der Waals surface area (Å²) in [6, 6.07) is 17.3. The van der Waals surface area contributed by atoms with Crippen LogP contribution in [-0.2, 0) is 0 Å². The maximum atomic E-state index is 14.2. The zero-order valence-corrected chi connectivity index (χ0v) is 13.8. The number of aromatic amines is 1. The molecule has 0 aliphatic rings. The number of hydrogen-bond acceptors (Lipinski definition) is 3. The number of nitriles is 1. The number of benzene rings is 2. The normalized spacial score (nSPS) is 10.8. The van der Waals surface area contributed by atoms with E-state index in [1.807, 2.05) is 36.4 Å². The summed E-state index contributed by atoms with van der Waals surface area (Å²) in [5, 5.41) is 12.6. The monoisotopic (exact) mass is 344 g/mol. The number of rotatable bonds is 2. The predicted octanol–water partition coefficient (Wildman–Crippen LogP) is 3.68. The van der Waals surface area contributed by atoms with Crippen molar-refractivity contribution in [3.8, 4) is 28.5 Å². The van der Waals surface area contributed by atoms with Crippen LogP contribution < -0.4 is 5.43 Å². The number of nitrogens with one attached hydrogen (secondary N) is 1. The fourth-order valence-electron chi connectivity index (χ4n) is 3.12. The average Bonchev–Trinajstić information content (AvgIpc) is 3.02. The molecule has 4 aromatic rings. The first-order valence-corrected chi connectivity index (χ1v) is 7.97. The van der Waals surface area contributed by atoms with Gasteiger partial charge in [0.1, 0.15) is 17.6 Å². The molecule has 0 radical (unpaired) electrons. The molecule has 4 rings (SSSR count). The molecule has 0 amide bonds. The Morgan fingerprint density at radius 1 is 1.12 bits per heavy atom. The molecule has 0 spiro atoms. The largest absolute Gasteiger partial charge is 0.296 e. The van der Waals surface area contributed by atoms with E-state index in [1.54, 1.807) is 25.1 Å². The summed E-state index contributed by atoms with van der Waals surface area (Å²) in [5.41, 5.74) is 1.94. The van der Waals surface area contributed by atoms with Crippen LogP contribution in [0.25, 0.3) is 28.0 Å². The molecule has 1 N–H and O–H groups in total. The van der Waals surface area contributed by atoms with E-state index in [4.69, 9.17) is 0 Å². The molecule has 5 nitrogen and oxygen atoms in total. The zero-order valence-electron chi connectivity index (χ0n) is 13.8. The lowest BCUT2D eigenvalue weighted by molar-refractivity contribution is 0.631. The Labute approximate surface area is 148 Å². The third-order valence-corrected chi connectivity index (χ3v) is 4.26. The average molecular weight is 344 g/mol. The van der Waals surface area contributed by atoms with Gasteiger partial charge in [0.2, 0.25) is 11.1 Å². The fraction of sp³-hybridized carbons (Fsp3) is 0.0500. The smallest absolute Gasteiger partial charge is 0.232 e. The van der Waals surface area contributed by atoms with E-state index in [-0.39, 0.29) is 22.5 Å². The number of halogens is 1. The standard InChI is InChI=1S/C20H13FN4O/c1-12-17(14-9-5-6-10-15(14)21)19(26)20-23-16(11-22)18(25(20)24-12)13-7-3-2-4-8-13/h2-10,24H,1H3. The second-order valence-electron chi connectivity index (χ2n) is 5.87. The van der Waals surface area contributed by atoms with E-state index in [1.165, 1.54) is 10.6 Å². The van der Waals surface area contributed by atoms with Gasteiger partial charge in [0.05, 0.1) is 5.56 Å². The Balaban J connectivity index is 2.10. The molecule has 2 heterocycles. The van der Waals surface area contributed by atoms with Gasteiger partial charge in [-0.05, 0) is 13.0 Å². The van der Waals surface area contributed by atoms with E-state index in [0.717, 1.165) is 5.56 Å². The molecule has 0 fully saturated rings. The van der Waals surface area contributed by atoms with Crippen LogP contribution in [0.3, 0.4) is 0 Å². The summed E-state index contributed by atoms with van der Waals surface area (Å²) < 4.78 is 15.7. The van der Waals surface area contributed by atoms with E-state index in [9.17, 15) is 14.4 Å². The molecule has 0 saturated heterocycles. The molecular weight excluding hydrogens is 331 g/mol. The predicted molar refractivity (Wildman–Crippen MR) is 96.1 cm³/mol. The number of fused-ring (bicyclic) bond motifs is 1. The molecule has 0 saturated carbocycles. The van der Waals surface area contributed by atoms with E-state index in [2.05, 4.69) is 10.1 Å². The van der Waals surface area contributed by atoms with Crippen LogP contribution in [0.5, 0.6) is 0 Å². The molecule has 2 aromatic heterocycles. The number of H-pyrrole nitrogens is 1. The number of nitrogens with zero attached hydrogens (tertiary/aromatic N) is 3. The molecule has 0 unspecified atom stereocenters. The molecule has 26 heavy (non-hydrogen) atoms. The molecule has 6 heteroatoms. The number of hydrogen-bond donors (Lipinski definition) is 1. The highest BCUT2D eigenvalue weighted by atomic mass is 19.1. The second kappa shape index (κ2) is 5.97. The summed E-state index contributed by atoms with van der Waals surface area (Å²) in [5.74, 6) is -0.485. The molecule has 0 aliphatic heterocycles. The van der Waals surface area contributed by atoms with E-state index in [0.29, 0.717) is 11.4 Å². The number of imidazole rings is 1. The van der Waals surface area contributed by atoms with Crippen LogP contribution in [-0.4, -0.2) is 14.6 Å². The minimum Gasteiger partial charge on any atom is -0.296 e. The summed E-state index contributed by atoms with van der Waals surface area (Å²) in [6.07, 6.45) is 0. The van der Waals surface area contributed by atoms with Crippen LogP contribution in [0, 0.1) is 24.1 Å². The van der Waals surface area contributed by atoms with Gasteiger partial charge in [0, 0.05) is 16.8 Å². The molecule has 0 atom stereocenters.